The Morgan fingerprint density at radius 1 is 0.950 bits per heavy atom. The normalized spacial score (nSPS) is 19.3. The maximum atomic E-state index is 13.6. The molecule has 3 unspecified atom stereocenters. The summed E-state index contributed by atoms with van der Waals surface area (Å²) in [5.41, 5.74) is 7.33. The van der Waals surface area contributed by atoms with Gasteiger partial charge in [-0.25, -0.2) is 0 Å². The number of aryl methyl sites for hydroxylation is 1. The summed E-state index contributed by atoms with van der Waals surface area (Å²) in [5, 5.41) is 9.51. The summed E-state index contributed by atoms with van der Waals surface area (Å²) in [4.78, 5) is 13.6. The van der Waals surface area contributed by atoms with Crippen molar-refractivity contribution in [3.8, 4) is 5.75 Å². The van der Waals surface area contributed by atoms with E-state index in [2.05, 4.69) is 82.8 Å². The Bertz CT molecular complexity index is 1770. The molecule has 7 rings (SSSR count). The Balaban J connectivity index is 1.26. The van der Waals surface area contributed by atoms with Crippen molar-refractivity contribution in [2.24, 2.45) is 5.92 Å². The van der Waals surface area contributed by atoms with Crippen LogP contribution in [-0.4, -0.2) is 17.1 Å². The molecule has 200 valence electrons. The Labute approximate surface area is 234 Å². The van der Waals surface area contributed by atoms with Crippen LogP contribution >= 0.6 is 0 Å². The fourth-order valence-corrected chi connectivity index (χ4v) is 6.75. The van der Waals surface area contributed by atoms with Crippen LogP contribution in [0, 0.1) is 5.92 Å². The van der Waals surface area contributed by atoms with Gasteiger partial charge in [-0.05, 0) is 85.8 Å². The molecule has 5 nitrogen and oxygen atoms in total. The number of nitrogens with zero attached hydrogens (tertiary/aromatic N) is 1. The molecule has 0 spiro atoms. The van der Waals surface area contributed by atoms with Crippen molar-refractivity contribution in [3.63, 3.8) is 0 Å². The van der Waals surface area contributed by atoms with Crippen molar-refractivity contribution in [1.29, 1.82) is 0 Å². The summed E-state index contributed by atoms with van der Waals surface area (Å²) in [7, 11) is 0. The van der Waals surface area contributed by atoms with Gasteiger partial charge in [-0.15, -0.1) is 0 Å². The minimum atomic E-state index is -0.117. The summed E-state index contributed by atoms with van der Waals surface area (Å²) >= 11 is 0. The third-order valence-corrected chi connectivity index (χ3v) is 8.54. The molecule has 5 aromatic rings. The van der Waals surface area contributed by atoms with E-state index in [9.17, 15) is 4.79 Å². The Kier molecular flexibility index (Phi) is 6.07. The van der Waals surface area contributed by atoms with Gasteiger partial charge >= 0.3 is 0 Å². The van der Waals surface area contributed by atoms with Gasteiger partial charge in [0.25, 0.3) is 5.91 Å². The summed E-state index contributed by atoms with van der Waals surface area (Å²) < 4.78 is 7.94. The third kappa shape index (κ3) is 3.96. The first-order valence-electron chi connectivity index (χ1n) is 14.3. The number of allylic oxidation sites excluding steroid dienone is 2. The van der Waals surface area contributed by atoms with Crippen LogP contribution in [0.2, 0.25) is 0 Å². The maximum Gasteiger partial charge on any atom is 0.257 e. The number of hydrogen-bond acceptors (Lipinski definition) is 3. The first-order valence-corrected chi connectivity index (χ1v) is 14.3. The fraction of sp³-hybridized carbons (Fsp3) is 0.229. The number of amides is 1. The van der Waals surface area contributed by atoms with E-state index < -0.39 is 0 Å². The fourth-order valence-electron chi connectivity index (χ4n) is 6.75. The van der Waals surface area contributed by atoms with Crippen LogP contribution in [-0.2, 0) is 6.54 Å². The van der Waals surface area contributed by atoms with Crippen LogP contribution in [0.1, 0.15) is 53.7 Å². The molecule has 2 N–H and O–H groups in total. The standard InChI is InChI=1S/C35H33N3O2/c1-3-38-31-14-6-5-9-26(31)30-21-22(15-20-32(30)38)33-27-11-7-10-25(27)28-12-8-13-29(34(28)37-33)35(39)36-23-16-18-24(19-17-23)40-4-2/h5-10,12-21,25,27,33,37H,3-4,11H2,1-2H3,(H,36,39). The van der Waals surface area contributed by atoms with Crippen LogP contribution in [0.25, 0.3) is 21.8 Å². The van der Waals surface area contributed by atoms with E-state index in [0.29, 0.717) is 18.1 Å². The van der Waals surface area contributed by atoms with Crippen molar-refractivity contribution in [2.45, 2.75) is 38.8 Å². The Hall–Kier alpha value is -4.51. The van der Waals surface area contributed by atoms with E-state index in [-0.39, 0.29) is 17.9 Å². The van der Waals surface area contributed by atoms with Crippen LogP contribution in [0.15, 0.2) is 97.1 Å². The van der Waals surface area contributed by atoms with Gasteiger partial charge in [-0.3, -0.25) is 4.79 Å². The summed E-state index contributed by atoms with van der Waals surface area (Å²) in [6, 6.07) is 29.3. The van der Waals surface area contributed by atoms with Gasteiger partial charge in [0.15, 0.2) is 0 Å². The van der Waals surface area contributed by atoms with Gasteiger partial charge in [-0.1, -0.05) is 48.6 Å². The molecule has 40 heavy (non-hydrogen) atoms. The molecule has 1 aliphatic carbocycles. The van der Waals surface area contributed by atoms with Crippen molar-refractivity contribution < 1.29 is 9.53 Å². The third-order valence-electron chi connectivity index (χ3n) is 8.54. The van der Waals surface area contributed by atoms with Crippen LogP contribution in [0.5, 0.6) is 5.75 Å². The average molecular weight is 528 g/mol. The van der Waals surface area contributed by atoms with Crippen molar-refractivity contribution in [1.82, 2.24) is 4.57 Å². The van der Waals surface area contributed by atoms with Gasteiger partial charge in [0, 0.05) is 40.0 Å². The van der Waals surface area contributed by atoms with Gasteiger partial charge in [0.05, 0.1) is 23.9 Å². The molecule has 1 amide bonds. The summed E-state index contributed by atoms with van der Waals surface area (Å²) in [6.45, 7) is 5.70. The van der Waals surface area contributed by atoms with Crippen molar-refractivity contribution in [2.75, 3.05) is 17.2 Å². The van der Waals surface area contributed by atoms with Gasteiger partial charge in [0.2, 0.25) is 0 Å². The zero-order valence-electron chi connectivity index (χ0n) is 22.9. The van der Waals surface area contributed by atoms with E-state index in [1.54, 1.807) is 0 Å². The van der Waals surface area contributed by atoms with Crippen molar-refractivity contribution >= 4 is 39.1 Å². The number of anilines is 2. The van der Waals surface area contributed by atoms with Crippen LogP contribution in [0.4, 0.5) is 11.4 Å². The quantitative estimate of drug-likeness (QED) is 0.218. The second-order valence-electron chi connectivity index (χ2n) is 10.7. The lowest BCUT2D eigenvalue weighted by atomic mass is 9.76. The maximum absolute atomic E-state index is 13.6. The number of nitrogens with one attached hydrogen (secondary N) is 2. The Morgan fingerprint density at radius 3 is 2.60 bits per heavy atom. The first kappa shape index (κ1) is 24.5. The van der Waals surface area contributed by atoms with E-state index in [4.69, 9.17) is 4.74 Å². The molecular weight excluding hydrogens is 494 g/mol. The topological polar surface area (TPSA) is 55.3 Å². The van der Waals surface area contributed by atoms with Crippen LogP contribution < -0.4 is 15.4 Å². The number of benzene rings is 4. The SMILES string of the molecule is CCOc1ccc(NC(=O)c2cccc3c2NC(c2ccc4c(c2)c2ccccc2n4CC)C2CC=CC32)cc1. The minimum Gasteiger partial charge on any atom is -0.494 e. The predicted molar refractivity (Wildman–Crippen MR) is 163 cm³/mol. The lowest BCUT2D eigenvalue weighted by Gasteiger charge is -2.38. The molecular formula is C35H33N3O2. The van der Waals surface area contributed by atoms with Gasteiger partial charge in [0.1, 0.15) is 5.75 Å². The molecule has 1 aromatic heterocycles. The number of fused-ring (bicyclic) bond motifs is 6. The molecule has 0 fully saturated rings. The molecule has 3 atom stereocenters. The highest BCUT2D eigenvalue weighted by atomic mass is 16.5. The summed E-state index contributed by atoms with van der Waals surface area (Å²) in [5.74, 6) is 1.34. The molecule has 4 aromatic carbocycles. The highest BCUT2D eigenvalue weighted by Gasteiger charge is 2.39. The number of hydrogen-bond donors (Lipinski definition) is 2. The van der Waals surface area contributed by atoms with E-state index in [1.165, 1.54) is 32.9 Å². The molecule has 0 saturated heterocycles. The molecule has 2 aliphatic rings. The smallest absolute Gasteiger partial charge is 0.257 e. The lowest BCUT2D eigenvalue weighted by molar-refractivity contribution is 0.102. The first-order chi connectivity index (χ1) is 19.7. The molecule has 0 radical (unpaired) electrons. The van der Waals surface area contributed by atoms with Gasteiger partial charge < -0.3 is 19.9 Å². The van der Waals surface area contributed by atoms with Crippen molar-refractivity contribution in [3.05, 3.63) is 114 Å². The second kappa shape index (κ2) is 9.91. The molecule has 1 aliphatic heterocycles. The van der Waals surface area contributed by atoms with Gasteiger partial charge in [-0.2, -0.15) is 0 Å². The Morgan fingerprint density at radius 2 is 1.77 bits per heavy atom. The molecule has 5 heteroatoms. The molecule has 2 heterocycles. The largest absolute Gasteiger partial charge is 0.494 e. The highest BCUT2D eigenvalue weighted by Crippen LogP contribution is 2.51. The van der Waals surface area contributed by atoms with E-state index >= 15 is 0 Å². The molecule has 0 bridgehead atoms. The number of ether oxygens (including phenoxy) is 1. The number of carbonyl (C=O) groups is 1. The zero-order valence-corrected chi connectivity index (χ0v) is 22.9. The summed E-state index contributed by atoms with van der Waals surface area (Å²) in [6.07, 6.45) is 5.64. The average Bonchev–Trinajstić information content (AvgIpc) is 3.60. The number of carbonyl (C=O) groups excluding carboxylic acids is 1. The minimum absolute atomic E-state index is 0.0973. The highest BCUT2D eigenvalue weighted by molar-refractivity contribution is 6.09. The number of aromatic nitrogens is 1. The monoisotopic (exact) mass is 527 g/mol. The zero-order chi connectivity index (χ0) is 27.2. The number of rotatable bonds is 6. The molecule has 0 saturated carbocycles. The van der Waals surface area contributed by atoms with E-state index in [0.717, 1.165) is 30.1 Å². The van der Waals surface area contributed by atoms with Crippen LogP contribution in [0.3, 0.4) is 0 Å². The lowest BCUT2D eigenvalue weighted by Crippen LogP contribution is -2.30. The predicted octanol–water partition coefficient (Wildman–Crippen LogP) is 8.29. The second-order valence-corrected chi connectivity index (χ2v) is 10.7. The van der Waals surface area contributed by atoms with E-state index in [1.807, 2.05) is 43.3 Å². The number of para-hydroxylation sites is 2.